The number of benzene rings is 3. The number of nitrogens with zero attached hydrogens (tertiary/aromatic N) is 1. The third kappa shape index (κ3) is 2.76. The molecule has 0 aliphatic heterocycles. The molecule has 1 amide bonds. The Morgan fingerprint density at radius 2 is 1.80 bits per heavy atom. The topological polar surface area (TPSA) is 61.2 Å². The summed E-state index contributed by atoms with van der Waals surface area (Å²) in [5.74, 6) is -1.66. The van der Waals surface area contributed by atoms with Gasteiger partial charge in [-0.05, 0) is 36.4 Å². The van der Waals surface area contributed by atoms with Gasteiger partial charge in [0.05, 0.1) is 23.8 Å². The predicted octanol–water partition coefficient (Wildman–Crippen LogP) is 5.48. The Kier molecular flexibility index (Phi) is 4.13. The highest BCUT2D eigenvalue weighted by Gasteiger charge is 2.19. The second-order valence-electron chi connectivity index (χ2n) is 7.07. The van der Waals surface area contributed by atoms with E-state index in [4.69, 9.17) is 10.2 Å². The molecule has 0 unspecified atom stereocenters. The van der Waals surface area contributed by atoms with Crippen molar-refractivity contribution in [3.05, 3.63) is 95.8 Å². The molecule has 0 atom stereocenters. The normalized spacial score (nSPS) is 11.4. The van der Waals surface area contributed by atoms with Crippen LogP contribution in [-0.2, 0) is 6.54 Å². The van der Waals surface area contributed by atoms with Crippen LogP contribution in [0.25, 0.3) is 33.1 Å². The van der Waals surface area contributed by atoms with E-state index in [0.717, 1.165) is 22.5 Å². The predicted molar refractivity (Wildman–Crippen MR) is 111 cm³/mol. The minimum absolute atomic E-state index is 0.0907. The van der Waals surface area contributed by atoms with E-state index in [1.165, 1.54) is 6.07 Å². The van der Waals surface area contributed by atoms with Crippen LogP contribution in [0.1, 0.15) is 15.9 Å². The third-order valence-corrected chi connectivity index (χ3v) is 5.32. The summed E-state index contributed by atoms with van der Waals surface area (Å²) in [6.07, 6.45) is 1.59. The highest BCUT2D eigenvalue weighted by atomic mass is 19.2. The standard InChI is InChI=1S/C24H16F2N2O2/c25-18-6-1-4-15(23(18)26)13-28-19-7-2-5-17(24(27)29)22(19)16-10-9-14(12-20(16)28)21-8-3-11-30-21/h1-12H,13H2,(H2,27,29). The number of amides is 1. The van der Waals surface area contributed by atoms with Crippen molar-refractivity contribution >= 4 is 27.7 Å². The van der Waals surface area contributed by atoms with Gasteiger partial charge in [-0.1, -0.05) is 30.3 Å². The first-order valence-electron chi connectivity index (χ1n) is 9.36. The summed E-state index contributed by atoms with van der Waals surface area (Å²) >= 11 is 0. The fraction of sp³-hybridized carbons (Fsp3) is 0.0417. The molecule has 3 aromatic carbocycles. The number of hydrogen-bond acceptors (Lipinski definition) is 2. The van der Waals surface area contributed by atoms with Crippen molar-refractivity contribution in [2.24, 2.45) is 5.73 Å². The lowest BCUT2D eigenvalue weighted by molar-refractivity contribution is 0.100. The molecule has 0 aliphatic rings. The molecule has 0 bridgehead atoms. The van der Waals surface area contributed by atoms with Crippen molar-refractivity contribution in [2.75, 3.05) is 0 Å². The molecule has 2 aromatic heterocycles. The van der Waals surface area contributed by atoms with Crippen LogP contribution in [0.2, 0.25) is 0 Å². The maximum Gasteiger partial charge on any atom is 0.249 e. The average molecular weight is 402 g/mol. The summed E-state index contributed by atoms with van der Waals surface area (Å²) in [6.45, 7) is 0.0907. The van der Waals surface area contributed by atoms with Gasteiger partial charge in [-0.25, -0.2) is 8.78 Å². The summed E-state index contributed by atoms with van der Waals surface area (Å²) in [7, 11) is 0. The molecule has 2 N–H and O–H groups in total. The van der Waals surface area contributed by atoms with E-state index in [9.17, 15) is 13.6 Å². The van der Waals surface area contributed by atoms with Gasteiger partial charge < -0.3 is 14.7 Å². The molecule has 0 radical (unpaired) electrons. The van der Waals surface area contributed by atoms with Gasteiger partial charge in [0.25, 0.3) is 0 Å². The molecule has 0 saturated carbocycles. The minimum atomic E-state index is -0.901. The van der Waals surface area contributed by atoms with Crippen molar-refractivity contribution < 1.29 is 18.0 Å². The van der Waals surface area contributed by atoms with Crippen LogP contribution in [0, 0.1) is 11.6 Å². The van der Waals surface area contributed by atoms with Crippen LogP contribution in [0.5, 0.6) is 0 Å². The van der Waals surface area contributed by atoms with Crippen LogP contribution in [0.3, 0.4) is 0 Å². The first-order valence-corrected chi connectivity index (χ1v) is 9.36. The maximum absolute atomic E-state index is 14.4. The van der Waals surface area contributed by atoms with Gasteiger partial charge in [-0.3, -0.25) is 4.79 Å². The number of nitrogens with two attached hydrogens (primary N) is 1. The van der Waals surface area contributed by atoms with E-state index in [0.29, 0.717) is 22.2 Å². The van der Waals surface area contributed by atoms with Gasteiger partial charge >= 0.3 is 0 Å². The summed E-state index contributed by atoms with van der Waals surface area (Å²) in [6, 6.07) is 18.7. The second kappa shape index (κ2) is 6.84. The van der Waals surface area contributed by atoms with Gasteiger partial charge in [0.15, 0.2) is 11.6 Å². The molecule has 148 valence electrons. The Labute approximate surface area is 170 Å². The molecule has 4 nitrogen and oxygen atoms in total. The van der Waals surface area contributed by atoms with Crippen LogP contribution in [0.4, 0.5) is 8.78 Å². The zero-order valence-corrected chi connectivity index (χ0v) is 15.7. The van der Waals surface area contributed by atoms with Crippen LogP contribution >= 0.6 is 0 Å². The molecular formula is C24H16F2N2O2. The van der Waals surface area contributed by atoms with E-state index in [-0.39, 0.29) is 12.1 Å². The maximum atomic E-state index is 14.4. The van der Waals surface area contributed by atoms with Crippen molar-refractivity contribution in [1.29, 1.82) is 0 Å². The van der Waals surface area contributed by atoms with Crippen molar-refractivity contribution in [3.8, 4) is 11.3 Å². The fourth-order valence-electron chi connectivity index (χ4n) is 3.96. The molecule has 0 spiro atoms. The number of furan rings is 1. The highest BCUT2D eigenvalue weighted by Crippen LogP contribution is 2.35. The lowest BCUT2D eigenvalue weighted by Gasteiger charge is -2.10. The number of carbonyl (C=O) groups excluding carboxylic acids is 1. The molecule has 5 aromatic rings. The second-order valence-corrected chi connectivity index (χ2v) is 7.07. The Balaban J connectivity index is 1.83. The zero-order valence-electron chi connectivity index (χ0n) is 15.7. The molecule has 2 heterocycles. The monoisotopic (exact) mass is 402 g/mol. The summed E-state index contributed by atoms with van der Waals surface area (Å²) in [5, 5.41) is 1.48. The minimum Gasteiger partial charge on any atom is -0.464 e. The highest BCUT2D eigenvalue weighted by molar-refractivity contribution is 6.18. The van der Waals surface area contributed by atoms with E-state index < -0.39 is 17.5 Å². The largest absolute Gasteiger partial charge is 0.464 e. The Morgan fingerprint density at radius 3 is 2.57 bits per heavy atom. The summed E-state index contributed by atoms with van der Waals surface area (Å²) < 4.78 is 35.6. The Hall–Kier alpha value is -3.93. The Morgan fingerprint density at radius 1 is 0.967 bits per heavy atom. The lowest BCUT2D eigenvalue weighted by atomic mass is 10.0. The van der Waals surface area contributed by atoms with Crippen molar-refractivity contribution in [2.45, 2.75) is 6.54 Å². The fourth-order valence-corrected chi connectivity index (χ4v) is 3.96. The molecule has 0 saturated heterocycles. The summed E-state index contributed by atoms with van der Waals surface area (Å²) in [5.41, 5.74) is 8.50. The smallest absolute Gasteiger partial charge is 0.249 e. The molecule has 6 heteroatoms. The van der Waals surface area contributed by atoms with Crippen molar-refractivity contribution in [1.82, 2.24) is 4.57 Å². The van der Waals surface area contributed by atoms with E-state index >= 15 is 0 Å². The van der Waals surface area contributed by atoms with Crippen LogP contribution in [-0.4, -0.2) is 10.5 Å². The molecule has 0 aliphatic carbocycles. The van der Waals surface area contributed by atoms with Gasteiger partial charge in [-0.2, -0.15) is 0 Å². The number of carbonyl (C=O) groups is 1. The number of rotatable bonds is 4. The van der Waals surface area contributed by atoms with Crippen molar-refractivity contribution in [3.63, 3.8) is 0 Å². The lowest BCUT2D eigenvalue weighted by Crippen LogP contribution is -2.11. The van der Waals surface area contributed by atoms with Crippen LogP contribution < -0.4 is 5.73 Å². The average Bonchev–Trinajstić information content (AvgIpc) is 3.38. The van der Waals surface area contributed by atoms with Gasteiger partial charge in [-0.15, -0.1) is 0 Å². The zero-order chi connectivity index (χ0) is 20.8. The molecule has 5 rings (SSSR count). The Bertz CT molecular complexity index is 1420. The number of aromatic nitrogens is 1. The number of fused-ring (bicyclic) bond motifs is 3. The van der Waals surface area contributed by atoms with E-state index in [1.807, 2.05) is 34.9 Å². The SMILES string of the molecule is NC(=O)c1cccc2c1c1ccc(-c3ccco3)cc1n2Cc1cccc(F)c1F. The third-order valence-electron chi connectivity index (χ3n) is 5.32. The van der Waals surface area contributed by atoms with Crippen LogP contribution in [0.15, 0.2) is 77.4 Å². The molecule has 0 fully saturated rings. The van der Waals surface area contributed by atoms with E-state index in [1.54, 1.807) is 30.5 Å². The number of primary amides is 1. The number of halogens is 2. The molecule has 30 heavy (non-hydrogen) atoms. The van der Waals surface area contributed by atoms with Gasteiger partial charge in [0.2, 0.25) is 5.91 Å². The van der Waals surface area contributed by atoms with E-state index in [2.05, 4.69) is 0 Å². The summed E-state index contributed by atoms with van der Waals surface area (Å²) in [4.78, 5) is 12.1. The quantitative estimate of drug-likeness (QED) is 0.433. The van der Waals surface area contributed by atoms with Gasteiger partial charge in [0, 0.05) is 27.5 Å². The first kappa shape index (κ1) is 18.1. The number of hydrogen-bond donors (Lipinski definition) is 1. The van der Waals surface area contributed by atoms with Gasteiger partial charge in [0.1, 0.15) is 5.76 Å². The molecular weight excluding hydrogens is 386 g/mol. The first-order chi connectivity index (χ1) is 14.5.